The predicted octanol–water partition coefficient (Wildman–Crippen LogP) is 0.112. The number of hydrogen-bond donors (Lipinski definition) is 2. The fraction of sp³-hybridized carbons (Fsp3) is 0.667. The van der Waals surface area contributed by atoms with E-state index < -0.39 is 5.41 Å². The normalized spacial score (nSPS) is 15.7. The van der Waals surface area contributed by atoms with Crippen molar-refractivity contribution in [1.29, 1.82) is 0 Å². The smallest absolute Gasteiger partial charge is 0.0719 e. The lowest BCUT2D eigenvalue weighted by atomic mass is 9.88. The van der Waals surface area contributed by atoms with Gasteiger partial charge in [0.15, 0.2) is 0 Å². The van der Waals surface area contributed by atoms with Crippen LogP contribution in [0.2, 0.25) is 0 Å². The fourth-order valence-electron chi connectivity index (χ4n) is 1.11. The van der Waals surface area contributed by atoms with Crippen molar-refractivity contribution in [3.8, 4) is 0 Å². The van der Waals surface area contributed by atoms with Gasteiger partial charge in [0.2, 0.25) is 0 Å². The van der Waals surface area contributed by atoms with Gasteiger partial charge in [-0.2, -0.15) is 5.10 Å². The monoisotopic (exact) mass is 183 g/mol. The Morgan fingerprint density at radius 3 is 2.77 bits per heavy atom. The third-order valence-corrected chi connectivity index (χ3v) is 2.38. The Morgan fingerprint density at radius 1 is 1.69 bits per heavy atom. The fourth-order valence-corrected chi connectivity index (χ4v) is 1.11. The van der Waals surface area contributed by atoms with Gasteiger partial charge in [0.05, 0.1) is 12.3 Å². The highest BCUT2D eigenvalue weighted by molar-refractivity contribution is 5.14. The lowest BCUT2D eigenvalue weighted by molar-refractivity contribution is 0.206. The molecule has 13 heavy (non-hydrogen) atoms. The van der Waals surface area contributed by atoms with Crippen LogP contribution in [0.1, 0.15) is 19.5 Å². The molecule has 0 amide bonds. The van der Waals surface area contributed by atoms with Crippen molar-refractivity contribution in [2.24, 2.45) is 5.73 Å². The van der Waals surface area contributed by atoms with Crippen molar-refractivity contribution in [3.63, 3.8) is 0 Å². The highest BCUT2D eigenvalue weighted by atomic mass is 16.3. The molecule has 0 fully saturated rings. The molecule has 1 aromatic rings. The summed E-state index contributed by atoms with van der Waals surface area (Å²) in [5, 5.41) is 13.5. The highest BCUT2D eigenvalue weighted by Crippen LogP contribution is 2.19. The standard InChI is InChI=1S/C9H17N3O/c1-3-12-5-4-8(11-12)9(2,6-10)7-13/h4-5,13H,3,6-7,10H2,1-2H3. The van der Waals surface area contributed by atoms with Gasteiger partial charge in [-0.05, 0) is 13.0 Å². The van der Waals surface area contributed by atoms with Crippen LogP contribution in [0.15, 0.2) is 12.3 Å². The molecular weight excluding hydrogens is 166 g/mol. The molecule has 0 aromatic carbocycles. The van der Waals surface area contributed by atoms with Crippen LogP contribution in [0.25, 0.3) is 0 Å². The molecule has 1 rings (SSSR count). The summed E-state index contributed by atoms with van der Waals surface area (Å²) in [7, 11) is 0. The number of aryl methyl sites for hydroxylation is 1. The van der Waals surface area contributed by atoms with E-state index in [9.17, 15) is 5.11 Å². The summed E-state index contributed by atoms with van der Waals surface area (Å²) in [5.74, 6) is 0. The van der Waals surface area contributed by atoms with Crippen LogP contribution in [0.5, 0.6) is 0 Å². The third-order valence-electron chi connectivity index (χ3n) is 2.38. The second kappa shape index (κ2) is 3.89. The number of aromatic nitrogens is 2. The molecule has 74 valence electrons. The van der Waals surface area contributed by atoms with Crippen LogP contribution in [0.4, 0.5) is 0 Å². The molecule has 4 heteroatoms. The van der Waals surface area contributed by atoms with E-state index >= 15 is 0 Å². The Morgan fingerprint density at radius 2 is 2.38 bits per heavy atom. The van der Waals surface area contributed by atoms with Gasteiger partial charge < -0.3 is 10.8 Å². The van der Waals surface area contributed by atoms with E-state index in [1.165, 1.54) is 0 Å². The molecule has 0 aliphatic rings. The zero-order valence-corrected chi connectivity index (χ0v) is 8.20. The average molecular weight is 183 g/mol. The topological polar surface area (TPSA) is 64.1 Å². The zero-order valence-electron chi connectivity index (χ0n) is 8.20. The molecule has 1 atom stereocenters. The quantitative estimate of drug-likeness (QED) is 0.696. The van der Waals surface area contributed by atoms with Gasteiger partial charge in [-0.3, -0.25) is 4.68 Å². The Labute approximate surface area is 78.4 Å². The second-order valence-corrected chi connectivity index (χ2v) is 3.48. The zero-order chi connectivity index (χ0) is 9.90. The number of rotatable bonds is 4. The Bertz CT molecular complexity index is 266. The second-order valence-electron chi connectivity index (χ2n) is 3.48. The van der Waals surface area contributed by atoms with Gasteiger partial charge in [0.1, 0.15) is 0 Å². The first-order valence-corrected chi connectivity index (χ1v) is 4.51. The number of nitrogens with zero attached hydrogens (tertiary/aromatic N) is 2. The first-order chi connectivity index (χ1) is 6.16. The van der Waals surface area contributed by atoms with Gasteiger partial charge in [-0.15, -0.1) is 0 Å². The molecule has 1 heterocycles. The summed E-state index contributed by atoms with van der Waals surface area (Å²) in [6, 6.07) is 1.91. The van der Waals surface area contributed by atoms with Gasteiger partial charge in [0.25, 0.3) is 0 Å². The molecule has 0 saturated carbocycles. The van der Waals surface area contributed by atoms with Crippen molar-refractivity contribution in [2.75, 3.05) is 13.2 Å². The predicted molar refractivity (Wildman–Crippen MR) is 51.4 cm³/mol. The van der Waals surface area contributed by atoms with E-state index in [2.05, 4.69) is 5.10 Å². The molecule has 0 saturated heterocycles. The molecule has 0 spiro atoms. The highest BCUT2D eigenvalue weighted by Gasteiger charge is 2.26. The van der Waals surface area contributed by atoms with E-state index in [1.807, 2.05) is 30.8 Å². The molecule has 0 aliphatic carbocycles. The average Bonchev–Trinajstić information content (AvgIpc) is 2.65. The molecule has 0 bridgehead atoms. The molecular formula is C9H17N3O. The van der Waals surface area contributed by atoms with Crippen molar-refractivity contribution in [1.82, 2.24) is 9.78 Å². The van der Waals surface area contributed by atoms with E-state index in [0.29, 0.717) is 6.54 Å². The van der Waals surface area contributed by atoms with Crippen LogP contribution >= 0.6 is 0 Å². The Balaban J connectivity index is 2.91. The van der Waals surface area contributed by atoms with Gasteiger partial charge in [0, 0.05) is 24.7 Å². The molecule has 0 radical (unpaired) electrons. The summed E-state index contributed by atoms with van der Waals surface area (Å²) < 4.78 is 1.83. The van der Waals surface area contributed by atoms with Crippen molar-refractivity contribution < 1.29 is 5.11 Å². The number of aliphatic hydroxyl groups is 1. The largest absolute Gasteiger partial charge is 0.395 e. The number of hydrogen-bond acceptors (Lipinski definition) is 3. The molecule has 1 unspecified atom stereocenters. The van der Waals surface area contributed by atoms with Crippen LogP contribution < -0.4 is 5.73 Å². The van der Waals surface area contributed by atoms with Crippen LogP contribution in [0, 0.1) is 0 Å². The minimum atomic E-state index is -0.402. The van der Waals surface area contributed by atoms with Crippen molar-refractivity contribution in [3.05, 3.63) is 18.0 Å². The van der Waals surface area contributed by atoms with E-state index in [4.69, 9.17) is 5.73 Å². The van der Waals surface area contributed by atoms with Crippen LogP contribution in [-0.4, -0.2) is 28.0 Å². The third kappa shape index (κ3) is 1.89. The van der Waals surface area contributed by atoms with E-state index in [0.717, 1.165) is 12.2 Å². The minimum Gasteiger partial charge on any atom is -0.395 e. The molecule has 0 aliphatic heterocycles. The summed E-state index contributed by atoms with van der Waals surface area (Å²) in [6.45, 7) is 5.21. The number of aliphatic hydroxyl groups excluding tert-OH is 1. The Hall–Kier alpha value is -0.870. The first-order valence-electron chi connectivity index (χ1n) is 4.51. The maximum Gasteiger partial charge on any atom is 0.0719 e. The first kappa shape index (κ1) is 10.2. The van der Waals surface area contributed by atoms with Gasteiger partial charge in [-0.25, -0.2) is 0 Å². The summed E-state index contributed by atoms with van der Waals surface area (Å²) >= 11 is 0. The van der Waals surface area contributed by atoms with Crippen LogP contribution in [0.3, 0.4) is 0 Å². The van der Waals surface area contributed by atoms with Gasteiger partial charge in [-0.1, -0.05) is 6.92 Å². The maximum absolute atomic E-state index is 9.19. The lowest BCUT2D eigenvalue weighted by Gasteiger charge is -2.22. The van der Waals surface area contributed by atoms with E-state index in [-0.39, 0.29) is 6.61 Å². The summed E-state index contributed by atoms with van der Waals surface area (Å²) in [5.41, 5.74) is 6.05. The lowest BCUT2D eigenvalue weighted by Crippen LogP contribution is -2.36. The maximum atomic E-state index is 9.19. The summed E-state index contributed by atoms with van der Waals surface area (Å²) in [4.78, 5) is 0. The molecule has 1 aromatic heterocycles. The Kier molecular flexibility index (Phi) is 3.06. The van der Waals surface area contributed by atoms with Crippen molar-refractivity contribution >= 4 is 0 Å². The SMILES string of the molecule is CCn1ccc(C(C)(CN)CO)n1. The molecule has 3 N–H and O–H groups in total. The summed E-state index contributed by atoms with van der Waals surface area (Å²) in [6.07, 6.45) is 1.90. The number of nitrogens with two attached hydrogens (primary N) is 1. The minimum absolute atomic E-state index is 0.0320. The molecule has 4 nitrogen and oxygen atoms in total. The van der Waals surface area contributed by atoms with Gasteiger partial charge >= 0.3 is 0 Å². The van der Waals surface area contributed by atoms with Crippen molar-refractivity contribution in [2.45, 2.75) is 25.8 Å². The van der Waals surface area contributed by atoms with E-state index in [1.54, 1.807) is 0 Å². The van der Waals surface area contributed by atoms with Crippen LogP contribution in [-0.2, 0) is 12.0 Å².